The lowest BCUT2D eigenvalue weighted by Crippen LogP contribution is -2.42. The monoisotopic (exact) mass is 447 g/mol. The quantitative estimate of drug-likeness (QED) is 0.430. The van der Waals surface area contributed by atoms with Crippen LogP contribution in [0.4, 0.5) is 0 Å². The van der Waals surface area contributed by atoms with E-state index in [0.29, 0.717) is 12.5 Å². The van der Waals surface area contributed by atoms with E-state index in [1.165, 1.54) is 5.56 Å². The van der Waals surface area contributed by atoms with Gasteiger partial charge in [-0.2, -0.15) is 11.8 Å². The fourth-order valence-corrected chi connectivity index (χ4v) is 3.61. The lowest BCUT2D eigenvalue weighted by atomic mass is 10.3. The SMILES string of the molecule is I.NC(=NCc1ccsc1Br)N1CCSCC1. The molecule has 0 amide bonds. The first-order valence-corrected chi connectivity index (χ1v) is 7.94. The molecule has 1 aromatic rings. The zero-order valence-corrected chi connectivity index (χ0v) is 14.8. The molecule has 1 fully saturated rings. The fourth-order valence-electron chi connectivity index (χ4n) is 1.49. The first-order valence-electron chi connectivity index (χ1n) is 5.12. The van der Waals surface area contributed by atoms with Gasteiger partial charge < -0.3 is 10.6 Å². The smallest absolute Gasteiger partial charge is 0.191 e. The standard InChI is InChI=1S/C10H14BrN3S2.HI/c11-9-8(1-4-16-9)7-13-10(12)14-2-5-15-6-3-14;/h1,4H,2-3,5-7H2,(H2,12,13);1H. The molecule has 2 rings (SSSR count). The van der Waals surface area contributed by atoms with E-state index in [9.17, 15) is 0 Å². The predicted molar refractivity (Wildman–Crippen MR) is 91.7 cm³/mol. The number of nitrogens with two attached hydrogens (primary N) is 1. The second-order valence-corrected chi connectivity index (χ2v) is 6.95. The van der Waals surface area contributed by atoms with Crippen LogP contribution in [0.15, 0.2) is 20.2 Å². The van der Waals surface area contributed by atoms with Crippen LogP contribution in [0.2, 0.25) is 0 Å². The first kappa shape index (κ1) is 15.6. The summed E-state index contributed by atoms with van der Waals surface area (Å²) in [5, 5.41) is 2.06. The predicted octanol–water partition coefficient (Wildman–Crippen LogP) is 2.99. The maximum atomic E-state index is 5.97. The molecule has 1 aliphatic rings. The molecule has 0 bridgehead atoms. The molecule has 0 aliphatic carbocycles. The van der Waals surface area contributed by atoms with E-state index in [1.54, 1.807) is 11.3 Å². The Kier molecular flexibility index (Phi) is 7.20. The third-order valence-corrected chi connectivity index (χ3v) is 5.19. The number of thioether (sulfide) groups is 1. The molecule has 0 radical (unpaired) electrons. The van der Waals surface area contributed by atoms with Crippen molar-refractivity contribution in [1.82, 2.24) is 4.90 Å². The fraction of sp³-hybridized carbons (Fsp3) is 0.500. The summed E-state index contributed by atoms with van der Waals surface area (Å²) in [6, 6.07) is 2.08. The highest BCUT2D eigenvalue weighted by molar-refractivity contribution is 14.0. The Hall–Kier alpha value is 0.530. The highest BCUT2D eigenvalue weighted by atomic mass is 127. The molecule has 1 aliphatic heterocycles. The van der Waals surface area contributed by atoms with Gasteiger partial charge in [-0.25, -0.2) is 4.99 Å². The first-order chi connectivity index (χ1) is 7.77. The van der Waals surface area contributed by atoms with Crippen molar-refractivity contribution in [2.75, 3.05) is 24.6 Å². The van der Waals surface area contributed by atoms with Crippen LogP contribution in [0.25, 0.3) is 0 Å². The number of aliphatic imine (C=N–C) groups is 1. The molecule has 1 saturated heterocycles. The Balaban J connectivity index is 0.00000144. The molecule has 2 heterocycles. The van der Waals surface area contributed by atoms with Crippen molar-refractivity contribution in [3.63, 3.8) is 0 Å². The average Bonchev–Trinajstić information content (AvgIpc) is 2.73. The third kappa shape index (κ3) is 4.60. The summed E-state index contributed by atoms with van der Waals surface area (Å²) in [5.41, 5.74) is 7.18. The van der Waals surface area contributed by atoms with E-state index >= 15 is 0 Å². The molecular formula is C10H15BrIN3S2. The van der Waals surface area contributed by atoms with Crippen LogP contribution in [0.5, 0.6) is 0 Å². The Bertz CT molecular complexity index is 377. The summed E-state index contributed by atoms with van der Waals surface area (Å²) in [6.45, 7) is 2.70. The van der Waals surface area contributed by atoms with Gasteiger partial charge in [-0.3, -0.25) is 0 Å². The van der Waals surface area contributed by atoms with Crippen LogP contribution in [0.3, 0.4) is 0 Å². The van der Waals surface area contributed by atoms with Crippen LogP contribution >= 0.6 is 63.0 Å². The van der Waals surface area contributed by atoms with Crippen LogP contribution in [-0.4, -0.2) is 35.5 Å². The minimum Gasteiger partial charge on any atom is -0.370 e. The Morgan fingerprint density at radius 1 is 1.47 bits per heavy atom. The van der Waals surface area contributed by atoms with Gasteiger partial charge in [0.1, 0.15) is 0 Å². The molecule has 96 valence electrons. The Morgan fingerprint density at radius 2 is 2.18 bits per heavy atom. The molecular weight excluding hydrogens is 433 g/mol. The third-order valence-electron chi connectivity index (χ3n) is 2.44. The van der Waals surface area contributed by atoms with Crippen LogP contribution < -0.4 is 5.73 Å². The zero-order valence-electron chi connectivity index (χ0n) is 9.26. The molecule has 17 heavy (non-hydrogen) atoms. The summed E-state index contributed by atoms with van der Waals surface area (Å²) in [6.07, 6.45) is 0. The summed E-state index contributed by atoms with van der Waals surface area (Å²) >= 11 is 7.16. The van der Waals surface area contributed by atoms with E-state index in [0.717, 1.165) is 28.4 Å². The highest BCUT2D eigenvalue weighted by Crippen LogP contribution is 2.23. The van der Waals surface area contributed by atoms with Gasteiger partial charge in [0.05, 0.1) is 10.3 Å². The molecule has 0 atom stereocenters. The second kappa shape index (κ2) is 7.85. The summed E-state index contributed by atoms with van der Waals surface area (Å²) in [4.78, 5) is 6.60. The van der Waals surface area contributed by atoms with E-state index in [-0.39, 0.29) is 24.0 Å². The maximum absolute atomic E-state index is 5.97. The molecule has 2 N–H and O–H groups in total. The van der Waals surface area contributed by atoms with E-state index in [1.807, 2.05) is 11.8 Å². The van der Waals surface area contributed by atoms with Crippen molar-refractivity contribution in [2.24, 2.45) is 10.7 Å². The van der Waals surface area contributed by atoms with Crippen LogP contribution in [0.1, 0.15) is 5.56 Å². The van der Waals surface area contributed by atoms with Crippen molar-refractivity contribution in [3.05, 3.63) is 20.8 Å². The molecule has 0 unspecified atom stereocenters. The minimum absolute atomic E-state index is 0. The highest BCUT2D eigenvalue weighted by Gasteiger charge is 2.12. The summed E-state index contributed by atoms with van der Waals surface area (Å²) in [7, 11) is 0. The van der Waals surface area contributed by atoms with Crippen molar-refractivity contribution < 1.29 is 0 Å². The minimum atomic E-state index is 0. The van der Waals surface area contributed by atoms with Crippen LogP contribution in [-0.2, 0) is 6.54 Å². The van der Waals surface area contributed by atoms with E-state index in [2.05, 4.69) is 37.3 Å². The molecule has 1 aromatic heterocycles. The van der Waals surface area contributed by atoms with E-state index < -0.39 is 0 Å². The normalized spacial score (nSPS) is 16.8. The van der Waals surface area contributed by atoms with Crippen molar-refractivity contribution >= 4 is 69.0 Å². The Morgan fingerprint density at radius 3 is 2.76 bits per heavy atom. The molecule has 0 aromatic carbocycles. The molecule has 0 spiro atoms. The van der Waals surface area contributed by atoms with Gasteiger partial charge in [-0.1, -0.05) is 0 Å². The number of nitrogens with zero attached hydrogens (tertiary/aromatic N) is 2. The van der Waals surface area contributed by atoms with Crippen molar-refractivity contribution in [1.29, 1.82) is 0 Å². The summed E-state index contributed by atoms with van der Waals surface area (Å²) < 4.78 is 1.15. The average molecular weight is 448 g/mol. The van der Waals surface area contributed by atoms with Gasteiger partial charge in [-0.05, 0) is 32.9 Å². The zero-order chi connectivity index (χ0) is 11.4. The van der Waals surface area contributed by atoms with Crippen molar-refractivity contribution in [2.45, 2.75) is 6.54 Å². The number of guanidine groups is 1. The lowest BCUT2D eigenvalue weighted by molar-refractivity contribution is 0.455. The van der Waals surface area contributed by atoms with Gasteiger partial charge in [0, 0.05) is 24.6 Å². The largest absolute Gasteiger partial charge is 0.370 e. The lowest BCUT2D eigenvalue weighted by Gasteiger charge is -2.27. The van der Waals surface area contributed by atoms with Gasteiger partial charge in [0.2, 0.25) is 0 Å². The van der Waals surface area contributed by atoms with Crippen molar-refractivity contribution in [3.8, 4) is 0 Å². The van der Waals surface area contributed by atoms with Gasteiger partial charge in [0.25, 0.3) is 0 Å². The number of halogens is 2. The van der Waals surface area contributed by atoms with Gasteiger partial charge in [0.15, 0.2) is 5.96 Å². The molecule has 0 saturated carbocycles. The number of rotatable bonds is 2. The van der Waals surface area contributed by atoms with E-state index in [4.69, 9.17) is 5.73 Å². The Labute approximate surface area is 135 Å². The number of hydrogen-bond acceptors (Lipinski definition) is 3. The maximum Gasteiger partial charge on any atom is 0.191 e. The topological polar surface area (TPSA) is 41.6 Å². The van der Waals surface area contributed by atoms with Crippen LogP contribution in [0, 0.1) is 0 Å². The molecule has 7 heteroatoms. The summed E-state index contributed by atoms with van der Waals surface area (Å²) in [5.74, 6) is 2.98. The number of hydrogen-bond donors (Lipinski definition) is 1. The van der Waals surface area contributed by atoms with Gasteiger partial charge >= 0.3 is 0 Å². The second-order valence-electron chi connectivity index (χ2n) is 3.49. The van der Waals surface area contributed by atoms with Gasteiger partial charge in [-0.15, -0.1) is 35.3 Å². The molecule has 3 nitrogen and oxygen atoms in total. The number of thiophene rings is 1.